The number of benzene rings is 1. The zero-order chi connectivity index (χ0) is 19.8. The molecule has 0 radical (unpaired) electrons. The maximum atomic E-state index is 14.7. The van der Waals surface area contributed by atoms with E-state index in [0.29, 0.717) is 17.6 Å². The van der Waals surface area contributed by atoms with Crippen molar-refractivity contribution in [3.63, 3.8) is 0 Å². The molecule has 4 rings (SSSR count). The summed E-state index contributed by atoms with van der Waals surface area (Å²) >= 11 is 0. The molecule has 8 heteroatoms. The molecule has 0 aliphatic carbocycles. The molecule has 1 fully saturated rings. The van der Waals surface area contributed by atoms with Crippen LogP contribution in [0.2, 0.25) is 0 Å². The third-order valence-electron chi connectivity index (χ3n) is 4.90. The zero-order valence-electron chi connectivity index (χ0n) is 16.2. The Hall–Kier alpha value is -3.00. The highest BCUT2D eigenvalue weighted by Crippen LogP contribution is 2.21. The van der Waals surface area contributed by atoms with Crippen LogP contribution in [0, 0.1) is 19.7 Å². The van der Waals surface area contributed by atoms with Crippen LogP contribution in [0.25, 0.3) is 5.65 Å². The van der Waals surface area contributed by atoms with Gasteiger partial charge in [0.05, 0.1) is 23.1 Å². The van der Waals surface area contributed by atoms with Crippen molar-refractivity contribution in [3.05, 3.63) is 53.4 Å². The summed E-state index contributed by atoms with van der Waals surface area (Å²) in [6.45, 7) is 8.27. The van der Waals surface area contributed by atoms with E-state index in [0.717, 1.165) is 36.7 Å². The number of halogens is 1. The van der Waals surface area contributed by atoms with E-state index in [4.69, 9.17) is 0 Å². The summed E-state index contributed by atoms with van der Waals surface area (Å²) in [5.74, 6) is -0.718. The van der Waals surface area contributed by atoms with Crippen molar-refractivity contribution >= 4 is 23.1 Å². The third kappa shape index (κ3) is 3.55. The maximum absolute atomic E-state index is 14.7. The van der Waals surface area contributed by atoms with Gasteiger partial charge in [-0.3, -0.25) is 4.79 Å². The van der Waals surface area contributed by atoms with Crippen LogP contribution in [0.5, 0.6) is 0 Å². The lowest BCUT2D eigenvalue weighted by Gasteiger charge is -2.33. The van der Waals surface area contributed by atoms with Gasteiger partial charge in [-0.15, -0.1) is 0 Å². The van der Waals surface area contributed by atoms with Gasteiger partial charge < -0.3 is 19.9 Å². The lowest BCUT2D eigenvalue weighted by atomic mass is 10.1. The summed E-state index contributed by atoms with van der Waals surface area (Å²) in [5.41, 5.74) is 3.06. The van der Waals surface area contributed by atoms with E-state index in [-0.39, 0.29) is 5.56 Å². The van der Waals surface area contributed by atoms with Gasteiger partial charge in [-0.1, -0.05) is 0 Å². The molecule has 3 aromatic rings. The lowest BCUT2D eigenvalue weighted by molar-refractivity contribution is 0.102. The van der Waals surface area contributed by atoms with Crippen LogP contribution in [-0.2, 0) is 0 Å². The zero-order valence-corrected chi connectivity index (χ0v) is 16.2. The molecule has 1 aliphatic heterocycles. The van der Waals surface area contributed by atoms with Crippen molar-refractivity contribution in [2.24, 2.45) is 0 Å². The average Bonchev–Trinajstić information content (AvgIpc) is 3.02. The van der Waals surface area contributed by atoms with Crippen LogP contribution >= 0.6 is 0 Å². The highest BCUT2D eigenvalue weighted by Gasteiger charge is 2.19. The normalized spacial score (nSPS) is 17.1. The Labute approximate surface area is 162 Å². The van der Waals surface area contributed by atoms with E-state index in [1.807, 2.05) is 20.0 Å². The first-order valence-corrected chi connectivity index (χ1v) is 9.33. The standard InChI is InChI=1S/C20H23FN6O/c1-12-9-26(7-6-22-12)15-4-5-16(17(21)8-15)20(28)25-18-11-27-10-13(2)23-19(27)14(3)24-18/h4-5,8,10-12,22H,6-7,9H2,1-3H3,(H,25,28)/t12-/m1/s1. The molecule has 1 atom stereocenters. The quantitative estimate of drug-likeness (QED) is 0.728. The van der Waals surface area contributed by atoms with Crippen LogP contribution < -0.4 is 15.5 Å². The number of fused-ring (bicyclic) bond motifs is 1. The third-order valence-corrected chi connectivity index (χ3v) is 4.90. The number of hydrogen-bond acceptors (Lipinski definition) is 5. The second-order valence-electron chi connectivity index (χ2n) is 7.24. The molecule has 0 bridgehead atoms. The number of rotatable bonds is 3. The van der Waals surface area contributed by atoms with Gasteiger partial charge in [0.1, 0.15) is 11.6 Å². The Morgan fingerprint density at radius 3 is 2.86 bits per heavy atom. The summed E-state index contributed by atoms with van der Waals surface area (Å²) in [4.78, 5) is 23.4. The van der Waals surface area contributed by atoms with Gasteiger partial charge in [-0.05, 0) is 39.0 Å². The fourth-order valence-electron chi connectivity index (χ4n) is 3.57. The topological polar surface area (TPSA) is 74.6 Å². The minimum Gasteiger partial charge on any atom is -0.369 e. The van der Waals surface area contributed by atoms with E-state index in [9.17, 15) is 9.18 Å². The Bertz CT molecular complexity index is 1050. The Kier molecular flexibility index (Phi) is 4.72. The molecular formula is C20H23FN6O. The SMILES string of the molecule is Cc1cn2cc(NC(=O)c3ccc(N4CCN[C@H](C)C4)cc3F)nc(C)c2n1. The molecule has 2 aromatic heterocycles. The summed E-state index contributed by atoms with van der Waals surface area (Å²) in [7, 11) is 0. The predicted molar refractivity (Wildman–Crippen MR) is 106 cm³/mol. The predicted octanol–water partition coefficient (Wildman–Crippen LogP) is 2.54. The van der Waals surface area contributed by atoms with E-state index in [1.165, 1.54) is 12.1 Å². The minimum absolute atomic E-state index is 0.00621. The molecule has 1 saturated heterocycles. The monoisotopic (exact) mass is 382 g/mol. The molecule has 0 unspecified atom stereocenters. The number of nitrogens with one attached hydrogen (secondary N) is 2. The molecule has 1 amide bonds. The first kappa shape index (κ1) is 18.4. The van der Waals surface area contributed by atoms with Gasteiger partial charge in [0.25, 0.3) is 5.91 Å². The number of imidazole rings is 1. The number of nitrogens with zero attached hydrogens (tertiary/aromatic N) is 4. The van der Waals surface area contributed by atoms with E-state index in [2.05, 4.69) is 32.4 Å². The van der Waals surface area contributed by atoms with E-state index < -0.39 is 11.7 Å². The molecule has 3 heterocycles. The van der Waals surface area contributed by atoms with E-state index >= 15 is 0 Å². The van der Waals surface area contributed by atoms with Crippen LogP contribution in [-0.4, -0.2) is 46.0 Å². The van der Waals surface area contributed by atoms with Gasteiger partial charge in [0.2, 0.25) is 0 Å². The molecule has 7 nitrogen and oxygen atoms in total. The van der Waals surface area contributed by atoms with Crippen molar-refractivity contribution in [1.82, 2.24) is 19.7 Å². The molecule has 2 N–H and O–H groups in total. The number of carbonyl (C=O) groups is 1. The summed E-state index contributed by atoms with van der Waals surface area (Å²) in [6, 6.07) is 5.08. The Morgan fingerprint density at radius 1 is 1.29 bits per heavy atom. The molecule has 1 aliphatic rings. The van der Waals surface area contributed by atoms with Gasteiger partial charge >= 0.3 is 0 Å². The molecule has 28 heavy (non-hydrogen) atoms. The summed E-state index contributed by atoms with van der Waals surface area (Å²) in [5, 5.41) is 6.04. The average molecular weight is 382 g/mol. The Morgan fingerprint density at radius 2 is 2.11 bits per heavy atom. The summed E-state index contributed by atoms with van der Waals surface area (Å²) in [6.07, 6.45) is 3.53. The lowest BCUT2D eigenvalue weighted by Crippen LogP contribution is -2.49. The maximum Gasteiger partial charge on any atom is 0.259 e. The van der Waals surface area contributed by atoms with Crippen molar-refractivity contribution in [2.75, 3.05) is 29.9 Å². The first-order valence-electron chi connectivity index (χ1n) is 9.33. The van der Waals surface area contributed by atoms with Crippen molar-refractivity contribution in [1.29, 1.82) is 0 Å². The van der Waals surface area contributed by atoms with Gasteiger partial charge in [0.15, 0.2) is 5.65 Å². The number of anilines is 2. The van der Waals surface area contributed by atoms with Crippen LogP contribution in [0.4, 0.5) is 15.9 Å². The largest absolute Gasteiger partial charge is 0.369 e. The van der Waals surface area contributed by atoms with E-state index in [1.54, 1.807) is 16.7 Å². The number of aryl methyl sites for hydroxylation is 2. The second kappa shape index (κ2) is 7.20. The molecule has 146 valence electrons. The minimum atomic E-state index is -0.544. The van der Waals surface area contributed by atoms with Crippen molar-refractivity contribution < 1.29 is 9.18 Å². The highest BCUT2D eigenvalue weighted by molar-refractivity contribution is 6.04. The van der Waals surface area contributed by atoms with Crippen molar-refractivity contribution in [3.8, 4) is 0 Å². The molecule has 0 spiro atoms. The smallest absolute Gasteiger partial charge is 0.259 e. The Balaban J connectivity index is 1.55. The van der Waals surface area contributed by atoms with Crippen molar-refractivity contribution in [2.45, 2.75) is 26.8 Å². The molecular weight excluding hydrogens is 359 g/mol. The fraction of sp³-hybridized carbons (Fsp3) is 0.350. The number of amides is 1. The molecule has 1 aromatic carbocycles. The van der Waals surface area contributed by atoms with Crippen LogP contribution in [0.1, 0.15) is 28.7 Å². The highest BCUT2D eigenvalue weighted by atomic mass is 19.1. The fourth-order valence-corrected chi connectivity index (χ4v) is 3.57. The number of piperazine rings is 1. The number of hydrogen-bond donors (Lipinski definition) is 2. The second-order valence-corrected chi connectivity index (χ2v) is 7.24. The van der Waals surface area contributed by atoms with Gasteiger partial charge in [0, 0.05) is 37.6 Å². The first-order chi connectivity index (χ1) is 13.4. The van der Waals surface area contributed by atoms with Crippen LogP contribution in [0.15, 0.2) is 30.6 Å². The number of aromatic nitrogens is 3. The van der Waals surface area contributed by atoms with Gasteiger partial charge in [-0.2, -0.15) is 0 Å². The number of carbonyl (C=O) groups excluding carboxylic acids is 1. The van der Waals surface area contributed by atoms with Crippen LogP contribution in [0.3, 0.4) is 0 Å². The molecule has 0 saturated carbocycles. The summed E-state index contributed by atoms with van der Waals surface area (Å²) < 4.78 is 16.5. The van der Waals surface area contributed by atoms with Gasteiger partial charge in [-0.25, -0.2) is 14.4 Å².